The molecule has 2 rings (SSSR count). The van der Waals surface area contributed by atoms with Gasteiger partial charge in [-0.15, -0.1) is 0 Å². The summed E-state index contributed by atoms with van der Waals surface area (Å²) < 4.78 is 5.06. The van der Waals surface area contributed by atoms with E-state index in [0.717, 1.165) is 0 Å². The molecule has 0 aliphatic carbocycles. The first-order valence-electron chi connectivity index (χ1n) is 4.14. The van der Waals surface area contributed by atoms with Crippen LogP contribution in [0.25, 0.3) is 10.8 Å². The maximum absolute atomic E-state index is 9.61. The van der Waals surface area contributed by atoms with Gasteiger partial charge in [0.15, 0.2) is 0 Å². The van der Waals surface area contributed by atoms with E-state index in [9.17, 15) is 5.11 Å². The first-order valence-corrected chi connectivity index (χ1v) is 4.14. The zero-order valence-corrected chi connectivity index (χ0v) is 7.69. The first kappa shape index (κ1) is 8.62. The van der Waals surface area contributed by atoms with Crippen molar-refractivity contribution in [3.8, 4) is 11.6 Å². The zero-order valence-electron chi connectivity index (χ0n) is 7.69. The number of phenolic OH excluding ortho intramolecular Hbond substituents is 1. The number of pyridine rings is 1. The predicted molar refractivity (Wildman–Crippen MR) is 54.4 cm³/mol. The minimum atomic E-state index is 0.140. The van der Waals surface area contributed by atoms with Crippen molar-refractivity contribution < 1.29 is 9.84 Å². The molecule has 0 atom stereocenters. The lowest BCUT2D eigenvalue weighted by atomic mass is 10.1. The van der Waals surface area contributed by atoms with Crippen molar-refractivity contribution in [3.05, 3.63) is 24.4 Å². The summed E-state index contributed by atoms with van der Waals surface area (Å²) in [6.45, 7) is 0. The molecule has 0 radical (unpaired) electrons. The van der Waals surface area contributed by atoms with Gasteiger partial charge in [0.1, 0.15) is 5.75 Å². The second kappa shape index (κ2) is 3.06. The molecule has 1 heterocycles. The van der Waals surface area contributed by atoms with E-state index in [1.165, 1.54) is 13.3 Å². The molecular formula is C10H10N2O2. The Hall–Kier alpha value is -1.97. The molecule has 72 valence electrons. The van der Waals surface area contributed by atoms with Crippen molar-refractivity contribution in [1.82, 2.24) is 4.98 Å². The van der Waals surface area contributed by atoms with Crippen LogP contribution < -0.4 is 10.5 Å². The number of nitrogens with zero attached hydrogens (tertiary/aromatic N) is 1. The minimum absolute atomic E-state index is 0.140. The molecule has 4 heteroatoms. The first-order chi connectivity index (χ1) is 6.74. The Morgan fingerprint density at radius 1 is 1.43 bits per heavy atom. The minimum Gasteiger partial charge on any atom is -0.507 e. The van der Waals surface area contributed by atoms with Gasteiger partial charge in [0, 0.05) is 5.39 Å². The van der Waals surface area contributed by atoms with Crippen LogP contribution in [0.15, 0.2) is 24.4 Å². The molecule has 0 unspecified atom stereocenters. The van der Waals surface area contributed by atoms with Gasteiger partial charge in [0.25, 0.3) is 0 Å². The monoisotopic (exact) mass is 190 g/mol. The van der Waals surface area contributed by atoms with Gasteiger partial charge in [0.2, 0.25) is 5.88 Å². The molecule has 0 spiro atoms. The number of aromatic hydroxyl groups is 1. The average Bonchev–Trinajstić information content (AvgIpc) is 2.18. The number of aromatic nitrogens is 1. The van der Waals surface area contributed by atoms with Crippen LogP contribution in [0.1, 0.15) is 0 Å². The van der Waals surface area contributed by atoms with Crippen LogP contribution in [0.4, 0.5) is 5.69 Å². The number of benzene rings is 1. The number of anilines is 1. The quantitative estimate of drug-likeness (QED) is 0.715. The number of methoxy groups -OCH3 is 1. The van der Waals surface area contributed by atoms with Gasteiger partial charge in [-0.2, -0.15) is 0 Å². The number of nitrogen functional groups attached to an aromatic ring is 1. The van der Waals surface area contributed by atoms with Crippen LogP contribution >= 0.6 is 0 Å². The van der Waals surface area contributed by atoms with Gasteiger partial charge < -0.3 is 15.6 Å². The van der Waals surface area contributed by atoms with Gasteiger partial charge in [-0.25, -0.2) is 4.98 Å². The number of nitrogens with two attached hydrogens (primary N) is 1. The standard InChI is InChI=1S/C10H10N2O2/c1-14-10-6-3-2-4-8(13)9(6)7(11)5-12-10/h2-5,13H,11H2,1H3. The maximum Gasteiger partial charge on any atom is 0.221 e. The normalized spacial score (nSPS) is 10.4. The van der Waals surface area contributed by atoms with Gasteiger partial charge in [-0.1, -0.05) is 6.07 Å². The SMILES string of the molecule is COc1ncc(N)c2c(O)cccc12. The molecule has 3 N–H and O–H groups in total. The van der Waals surface area contributed by atoms with Crippen LogP contribution in [-0.4, -0.2) is 17.2 Å². The molecule has 0 aliphatic rings. The summed E-state index contributed by atoms with van der Waals surface area (Å²) in [5, 5.41) is 10.9. The summed E-state index contributed by atoms with van der Waals surface area (Å²) in [5.74, 6) is 0.603. The molecule has 4 nitrogen and oxygen atoms in total. The molecule has 2 aromatic rings. The Kier molecular flexibility index (Phi) is 1.89. The van der Waals surface area contributed by atoms with Crippen LogP contribution in [-0.2, 0) is 0 Å². The number of fused-ring (bicyclic) bond motifs is 1. The second-order valence-corrected chi connectivity index (χ2v) is 2.92. The molecule has 0 amide bonds. The summed E-state index contributed by atoms with van der Waals surface area (Å²) in [4.78, 5) is 4.01. The predicted octanol–water partition coefficient (Wildman–Crippen LogP) is 1.53. The lowest BCUT2D eigenvalue weighted by molar-refractivity contribution is 0.403. The van der Waals surface area contributed by atoms with Crippen LogP contribution in [0.5, 0.6) is 11.6 Å². The summed E-state index contributed by atoms with van der Waals surface area (Å²) >= 11 is 0. The van der Waals surface area contributed by atoms with Crippen molar-refractivity contribution in [2.75, 3.05) is 12.8 Å². The lowest BCUT2D eigenvalue weighted by Crippen LogP contribution is -1.93. The van der Waals surface area contributed by atoms with E-state index >= 15 is 0 Å². The van der Waals surface area contributed by atoms with Crippen LogP contribution in [0, 0.1) is 0 Å². The van der Waals surface area contributed by atoms with Crippen LogP contribution in [0.2, 0.25) is 0 Å². The number of phenols is 1. The van der Waals surface area contributed by atoms with E-state index in [1.54, 1.807) is 18.2 Å². The number of hydrogen-bond donors (Lipinski definition) is 2. The van der Waals surface area contributed by atoms with Gasteiger partial charge in [0.05, 0.1) is 24.4 Å². The van der Waals surface area contributed by atoms with Crippen molar-refractivity contribution in [2.45, 2.75) is 0 Å². The fourth-order valence-corrected chi connectivity index (χ4v) is 1.45. The topological polar surface area (TPSA) is 68.4 Å². The van der Waals surface area contributed by atoms with Crippen molar-refractivity contribution in [3.63, 3.8) is 0 Å². The smallest absolute Gasteiger partial charge is 0.221 e. The van der Waals surface area contributed by atoms with Gasteiger partial charge in [-0.3, -0.25) is 0 Å². The average molecular weight is 190 g/mol. The third kappa shape index (κ3) is 1.12. The van der Waals surface area contributed by atoms with E-state index in [1.807, 2.05) is 0 Å². The Labute approximate surface area is 80.9 Å². The molecule has 0 fully saturated rings. The van der Waals surface area contributed by atoms with E-state index < -0.39 is 0 Å². The van der Waals surface area contributed by atoms with Crippen LogP contribution in [0.3, 0.4) is 0 Å². The van der Waals surface area contributed by atoms with Gasteiger partial charge >= 0.3 is 0 Å². The van der Waals surface area contributed by atoms with E-state index in [2.05, 4.69) is 4.98 Å². The zero-order chi connectivity index (χ0) is 10.1. The largest absolute Gasteiger partial charge is 0.507 e. The Balaban J connectivity index is 2.91. The van der Waals surface area contributed by atoms with E-state index in [0.29, 0.717) is 22.3 Å². The Bertz CT molecular complexity index is 475. The number of rotatable bonds is 1. The number of hydrogen-bond acceptors (Lipinski definition) is 4. The highest BCUT2D eigenvalue weighted by Gasteiger charge is 2.08. The molecule has 0 bridgehead atoms. The second-order valence-electron chi connectivity index (χ2n) is 2.92. The molecule has 1 aromatic carbocycles. The van der Waals surface area contributed by atoms with Crippen molar-refractivity contribution in [1.29, 1.82) is 0 Å². The van der Waals surface area contributed by atoms with E-state index in [4.69, 9.17) is 10.5 Å². The number of ether oxygens (including phenoxy) is 1. The van der Waals surface area contributed by atoms with Gasteiger partial charge in [-0.05, 0) is 12.1 Å². The molecule has 0 aliphatic heterocycles. The highest BCUT2D eigenvalue weighted by molar-refractivity contribution is 5.99. The lowest BCUT2D eigenvalue weighted by Gasteiger charge is -2.07. The molecule has 1 aromatic heterocycles. The molecule has 0 saturated heterocycles. The van der Waals surface area contributed by atoms with Crippen molar-refractivity contribution in [2.24, 2.45) is 0 Å². The highest BCUT2D eigenvalue weighted by Crippen LogP contribution is 2.33. The third-order valence-corrected chi connectivity index (χ3v) is 2.08. The third-order valence-electron chi connectivity index (χ3n) is 2.08. The maximum atomic E-state index is 9.61. The fourth-order valence-electron chi connectivity index (χ4n) is 1.45. The Morgan fingerprint density at radius 3 is 2.93 bits per heavy atom. The summed E-state index contributed by atoms with van der Waals surface area (Å²) in [6, 6.07) is 5.11. The molecular weight excluding hydrogens is 180 g/mol. The summed E-state index contributed by atoms with van der Waals surface area (Å²) in [5.41, 5.74) is 6.15. The van der Waals surface area contributed by atoms with E-state index in [-0.39, 0.29) is 5.75 Å². The van der Waals surface area contributed by atoms with Crippen molar-refractivity contribution >= 4 is 16.5 Å². The summed E-state index contributed by atoms with van der Waals surface area (Å²) in [7, 11) is 1.53. The highest BCUT2D eigenvalue weighted by atomic mass is 16.5. The molecule has 0 saturated carbocycles. The summed E-state index contributed by atoms with van der Waals surface area (Å²) in [6.07, 6.45) is 1.47. The Morgan fingerprint density at radius 2 is 2.21 bits per heavy atom. The fraction of sp³-hybridized carbons (Fsp3) is 0.100. The molecule has 14 heavy (non-hydrogen) atoms.